The number of carbonyl (C=O) groups is 2. The summed E-state index contributed by atoms with van der Waals surface area (Å²) in [5.74, 6) is -0.867. The van der Waals surface area contributed by atoms with Gasteiger partial charge in [-0.05, 0) is 37.6 Å². The molecule has 1 saturated heterocycles. The van der Waals surface area contributed by atoms with Crippen LogP contribution >= 0.6 is 0 Å². The normalized spacial score (nSPS) is 18.1. The van der Waals surface area contributed by atoms with E-state index in [9.17, 15) is 9.59 Å². The summed E-state index contributed by atoms with van der Waals surface area (Å²) in [6.07, 6.45) is 1.72. The molecular weight excluding hydrogens is 248 g/mol. The lowest BCUT2D eigenvalue weighted by atomic mass is 10.1. The number of carbonyl (C=O) groups excluding carboxylic acids is 1. The van der Waals surface area contributed by atoms with Gasteiger partial charge in [0.1, 0.15) is 5.75 Å². The number of rotatable bonds is 4. The Bertz CT molecular complexity index is 495. The molecule has 1 atom stereocenters. The second-order valence-electron chi connectivity index (χ2n) is 4.35. The van der Waals surface area contributed by atoms with Gasteiger partial charge in [0.25, 0.3) is 0 Å². The van der Waals surface area contributed by atoms with Gasteiger partial charge in [-0.1, -0.05) is 0 Å². The monoisotopic (exact) mass is 264 g/mol. The van der Waals surface area contributed by atoms with Gasteiger partial charge in [-0.25, -0.2) is 4.79 Å². The summed E-state index contributed by atoms with van der Waals surface area (Å²) >= 11 is 0. The van der Waals surface area contributed by atoms with Crippen molar-refractivity contribution in [2.45, 2.75) is 18.9 Å². The molecule has 1 aromatic rings. The predicted octanol–water partition coefficient (Wildman–Crippen LogP) is 1.08. The summed E-state index contributed by atoms with van der Waals surface area (Å²) in [5, 5.41) is 14.9. The van der Waals surface area contributed by atoms with Gasteiger partial charge in [0, 0.05) is 0 Å². The van der Waals surface area contributed by atoms with E-state index in [2.05, 4.69) is 10.6 Å². The number of aromatic carboxylic acids is 1. The van der Waals surface area contributed by atoms with Gasteiger partial charge in [-0.3, -0.25) is 4.79 Å². The number of methoxy groups -OCH3 is 1. The van der Waals surface area contributed by atoms with Crippen molar-refractivity contribution in [1.82, 2.24) is 5.32 Å². The van der Waals surface area contributed by atoms with E-state index in [0.29, 0.717) is 5.75 Å². The van der Waals surface area contributed by atoms with Crippen LogP contribution in [0.4, 0.5) is 5.69 Å². The van der Waals surface area contributed by atoms with E-state index in [4.69, 9.17) is 9.84 Å². The number of carboxylic acids is 1. The highest BCUT2D eigenvalue weighted by atomic mass is 16.5. The van der Waals surface area contributed by atoms with Gasteiger partial charge >= 0.3 is 5.97 Å². The van der Waals surface area contributed by atoms with Crippen molar-refractivity contribution < 1.29 is 19.4 Å². The lowest BCUT2D eigenvalue weighted by Crippen LogP contribution is -2.35. The number of anilines is 1. The SMILES string of the molecule is COc1ccc(NC(=O)[C@H]2CCCN2)c(C(=O)O)c1. The molecule has 0 spiro atoms. The van der Waals surface area contributed by atoms with Crippen LogP contribution < -0.4 is 15.4 Å². The minimum absolute atomic E-state index is 0.0192. The first kappa shape index (κ1) is 13.4. The average molecular weight is 264 g/mol. The molecule has 1 aromatic carbocycles. The minimum Gasteiger partial charge on any atom is -0.497 e. The molecule has 1 aliphatic heterocycles. The highest BCUT2D eigenvalue weighted by molar-refractivity contribution is 6.02. The van der Waals surface area contributed by atoms with Crippen LogP contribution in [-0.2, 0) is 4.79 Å². The van der Waals surface area contributed by atoms with Crippen molar-refractivity contribution >= 4 is 17.6 Å². The molecule has 1 fully saturated rings. The van der Waals surface area contributed by atoms with Gasteiger partial charge in [0.15, 0.2) is 0 Å². The molecule has 1 amide bonds. The number of hydrogen-bond acceptors (Lipinski definition) is 4. The highest BCUT2D eigenvalue weighted by Gasteiger charge is 2.23. The number of hydrogen-bond donors (Lipinski definition) is 3. The van der Waals surface area contributed by atoms with Gasteiger partial charge < -0.3 is 20.5 Å². The Labute approximate surface area is 110 Å². The van der Waals surface area contributed by atoms with E-state index in [-0.39, 0.29) is 23.2 Å². The van der Waals surface area contributed by atoms with Crippen LogP contribution in [0.5, 0.6) is 5.75 Å². The maximum Gasteiger partial charge on any atom is 0.337 e. The van der Waals surface area contributed by atoms with Crippen LogP contribution in [0.2, 0.25) is 0 Å². The number of amides is 1. The van der Waals surface area contributed by atoms with Crippen LogP contribution in [0.15, 0.2) is 18.2 Å². The maximum absolute atomic E-state index is 11.9. The first-order valence-corrected chi connectivity index (χ1v) is 6.07. The van der Waals surface area contributed by atoms with Crippen molar-refractivity contribution in [2.75, 3.05) is 19.0 Å². The van der Waals surface area contributed by atoms with Crippen LogP contribution in [-0.4, -0.2) is 36.7 Å². The molecule has 6 heteroatoms. The predicted molar refractivity (Wildman–Crippen MR) is 69.6 cm³/mol. The summed E-state index contributed by atoms with van der Waals surface area (Å²) in [6, 6.07) is 4.29. The van der Waals surface area contributed by atoms with E-state index < -0.39 is 5.97 Å². The zero-order valence-corrected chi connectivity index (χ0v) is 10.6. The number of ether oxygens (including phenoxy) is 1. The summed E-state index contributed by atoms with van der Waals surface area (Å²) in [6.45, 7) is 0.812. The lowest BCUT2D eigenvalue weighted by Gasteiger charge is -2.13. The Hall–Kier alpha value is -2.08. The van der Waals surface area contributed by atoms with Gasteiger partial charge in [0.2, 0.25) is 5.91 Å². The molecule has 102 valence electrons. The minimum atomic E-state index is -1.10. The fourth-order valence-electron chi connectivity index (χ4n) is 2.06. The Morgan fingerprint density at radius 1 is 1.47 bits per heavy atom. The second-order valence-corrected chi connectivity index (χ2v) is 4.35. The highest BCUT2D eigenvalue weighted by Crippen LogP contribution is 2.22. The summed E-state index contributed by atoms with van der Waals surface area (Å²) in [5.41, 5.74) is 0.303. The standard InChI is InChI=1S/C13H16N2O4/c1-19-8-4-5-10(9(7-8)13(17)18)15-12(16)11-3-2-6-14-11/h4-5,7,11,14H,2-3,6H2,1H3,(H,15,16)(H,17,18)/t11-/m1/s1. The number of nitrogens with one attached hydrogen (secondary N) is 2. The molecule has 2 rings (SSSR count). The van der Waals surface area contributed by atoms with E-state index >= 15 is 0 Å². The Morgan fingerprint density at radius 3 is 2.84 bits per heavy atom. The molecule has 3 N–H and O–H groups in total. The third-order valence-electron chi connectivity index (χ3n) is 3.09. The molecule has 1 aliphatic rings. The average Bonchev–Trinajstić information content (AvgIpc) is 2.92. The topological polar surface area (TPSA) is 87.7 Å². The van der Waals surface area contributed by atoms with E-state index in [1.165, 1.54) is 19.2 Å². The molecule has 0 radical (unpaired) electrons. The smallest absolute Gasteiger partial charge is 0.337 e. The fraction of sp³-hybridized carbons (Fsp3) is 0.385. The summed E-state index contributed by atoms with van der Waals surface area (Å²) in [7, 11) is 1.46. The molecule has 0 bridgehead atoms. The quantitative estimate of drug-likeness (QED) is 0.757. The second kappa shape index (κ2) is 5.71. The zero-order valence-electron chi connectivity index (χ0n) is 10.6. The third-order valence-corrected chi connectivity index (χ3v) is 3.09. The molecular formula is C13H16N2O4. The maximum atomic E-state index is 11.9. The molecule has 0 aromatic heterocycles. The van der Waals surface area contributed by atoms with Crippen LogP contribution in [0.3, 0.4) is 0 Å². The van der Waals surface area contributed by atoms with Crippen LogP contribution in [0, 0.1) is 0 Å². The molecule has 6 nitrogen and oxygen atoms in total. The van der Waals surface area contributed by atoms with E-state index in [0.717, 1.165) is 19.4 Å². The first-order chi connectivity index (χ1) is 9.11. The number of benzene rings is 1. The lowest BCUT2D eigenvalue weighted by molar-refractivity contribution is -0.117. The van der Waals surface area contributed by atoms with E-state index in [1.54, 1.807) is 6.07 Å². The first-order valence-electron chi connectivity index (χ1n) is 6.07. The van der Waals surface area contributed by atoms with Crippen molar-refractivity contribution in [3.63, 3.8) is 0 Å². The Kier molecular flexibility index (Phi) is 4.01. The van der Waals surface area contributed by atoms with Crippen molar-refractivity contribution in [3.8, 4) is 5.75 Å². The molecule has 1 heterocycles. The third kappa shape index (κ3) is 3.03. The summed E-state index contributed by atoms with van der Waals surface area (Å²) in [4.78, 5) is 23.1. The van der Waals surface area contributed by atoms with Crippen LogP contribution in [0.25, 0.3) is 0 Å². The number of carboxylic acid groups (broad SMARTS) is 1. The zero-order chi connectivity index (χ0) is 13.8. The van der Waals surface area contributed by atoms with E-state index in [1.807, 2.05) is 0 Å². The van der Waals surface area contributed by atoms with Gasteiger partial charge in [-0.15, -0.1) is 0 Å². The molecule has 0 saturated carbocycles. The van der Waals surface area contributed by atoms with Gasteiger partial charge in [-0.2, -0.15) is 0 Å². The van der Waals surface area contributed by atoms with Crippen molar-refractivity contribution in [2.24, 2.45) is 0 Å². The fourth-order valence-corrected chi connectivity index (χ4v) is 2.06. The summed E-state index contributed by atoms with van der Waals surface area (Å²) < 4.78 is 4.98. The molecule has 0 aliphatic carbocycles. The molecule has 19 heavy (non-hydrogen) atoms. The largest absolute Gasteiger partial charge is 0.497 e. The Morgan fingerprint density at radius 2 is 2.26 bits per heavy atom. The van der Waals surface area contributed by atoms with Gasteiger partial charge in [0.05, 0.1) is 24.4 Å². The van der Waals surface area contributed by atoms with Crippen molar-refractivity contribution in [3.05, 3.63) is 23.8 Å². The molecule has 0 unspecified atom stereocenters. The Balaban J connectivity index is 2.19. The van der Waals surface area contributed by atoms with Crippen molar-refractivity contribution in [1.29, 1.82) is 0 Å². The van der Waals surface area contributed by atoms with Crippen LogP contribution in [0.1, 0.15) is 23.2 Å².